The van der Waals surface area contributed by atoms with Gasteiger partial charge in [0.1, 0.15) is 0 Å². The summed E-state index contributed by atoms with van der Waals surface area (Å²) in [6.07, 6.45) is 4.67. The van der Waals surface area contributed by atoms with Crippen LogP contribution < -0.4 is 0 Å². The molecule has 0 bridgehead atoms. The average Bonchev–Trinajstić information content (AvgIpc) is 2.19. The third-order valence-corrected chi connectivity index (χ3v) is 3.72. The number of rotatable bonds is 1. The fourth-order valence-electron chi connectivity index (χ4n) is 2.58. The number of nitrogens with zero attached hydrogens (tertiary/aromatic N) is 1. The van der Waals surface area contributed by atoms with Gasteiger partial charge in [0.05, 0.1) is 0 Å². The Morgan fingerprint density at radius 1 is 1.13 bits per heavy atom. The third-order valence-electron chi connectivity index (χ3n) is 3.72. The summed E-state index contributed by atoms with van der Waals surface area (Å²) in [7, 11) is 0. The lowest BCUT2D eigenvalue weighted by Gasteiger charge is -2.54. The van der Waals surface area contributed by atoms with Crippen LogP contribution in [0.5, 0.6) is 0 Å². The molecule has 0 aromatic carbocycles. The first kappa shape index (κ1) is 12.7. The van der Waals surface area contributed by atoms with Crippen LogP contribution in [0.25, 0.3) is 0 Å². The quantitative estimate of drug-likeness (QED) is 0.706. The van der Waals surface area contributed by atoms with E-state index in [0.717, 1.165) is 18.6 Å². The average molecular weight is 210 g/mol. The summed E-state index contributed by atoms with van der Waals surface area (Å²) in [5.74, 6) is 0. The van der Waals surface area contributed by atoms with Crippen molar-refractivity contribution in [3.63, 3.8) is 0 Å². The zero-order valence-electron chi connectivity index (χ0n) is 10.8. The molecule has 0 amide bonds. The molecule has 1 N–H and O–H groups in total. The van der Waals surface area contributed by atoms with E-state index in [9.17, 15) is 0 Å². The predicted octanol–water partition coefficient (Wildman–Crippen LogP) is 3.32. The molecule has 1 aliphatic heterocycles. The third kappa shape index (κ3) is 2.81. The maximum Gasteiger partial charge on any atom is 0.00896 e. The summed E-state index contributed by atoms with van der Waals surface area (Å²) in [5, 5.41) is 7.59. The Bertz CT molecular complexity index is 203. The highest BCUT2D eigenvalue weighted by Gasteiger charge is 2.44. The van der Waals surface area contributed by atoms with Crippen LogP contribution in [0.15, 0.2) is 0 Å². The summed E-state index contributed by atoms with van der Waals surface area (Å²) in [4.78, 5) is 2.55. The molecular formula is C13H26N2. The van der Waals surface area contributed by atoms with Gasteiger partial charge in [0, 0.05) is 24.8 Å². The molecule has 0 atom stereocenters. The highest BCUT2D eigenvalue weighted by atomic mass is 15.2. The fraction of sp³-hybridized carbons (Fsp3) is 0.923. The highest BCUT2D eigenvalue weighted by Crippen LogP contribution is 2.43. The maximum atomic E-state index is 7.59. The van der Waals surface area contributed by atoms with E-state index in [0.29, 0.717) is 11.5 Å². The van der Waals surface area contributed by atoms with Crippen LogP contribution in [0.3, 0.4) is 0 Å². The molecule has 1 aliphatic carbocycles. The zero-order valence-corrected chi connectivity index (χ0v) is 10.8. The van der Waals surface area contributed by atoms with Crippen LogP contribution in [0.4, 0.5) is 0 Å². The van der Waals surface area contributed by atoms with Gasteiger partial charge in [0.25, 0.3) is 0 Å². The van der Waals surface area contributed by atoms with Crippen LogP contribution >= 0.6 is 0 Å². The molecule has 2 aliphatic rings. The number of likely N-dealkylation sites (tertiary alicyclic amines) is 1. The van der Waals surface area contributed by atoms with Gasteiger partial charge in [0.2, 0.25) is 0 Å². The van der Waals surface area contributed by atoms with Crippen molar-refractivity contribution in [1.29, 1.82) is 5.41 Å². The number of nitrogens with one attached hydrogen (secondary N) is 1. The Morgan fingerprint density at radius 3 is 2.00 bits per heavy atom. The molecule has 1 saturated heterocycles. The lowest BCUT2D eigenvalue weighted by molar-refractivity contribution is -0.0354. The van der Waals surface area contributed by atoms with Crippen molar-refractivity contribution in [2.75, 3.05) is 13.1 Å². The van der Waals surface area contributed by atoms with Crippen molar-refractivity contribution in [2.45, 2.75) is 59.4 Å². The molecule has 2 heteroatoms. The summed E-state index contributed by atoms with van der Waals surface area (Å²) in [6.45, 7) is 11.1. The summed E-state index contributed by atoms with van der Waals surface area (Å²) >= 11 is 0. The SMILES string of the molecule is CC.CC(C)N1CC2(CCC(=N)CC2)C1. The highest BCUT2D eigenvalue weighted by molar-refractivity contribution is 5.82. The normalized spacial score (nSPS) is 24.7. The van der Waals surface area contributed by atoms with Crippen molar-refractivity contribution >= 4 is 5.71 Å². The van der Waals surface area contributed by atoms with E-state index in [2.05, 4.69) is 18.7 Å². The lowest BCUT2D eigenvalue weighted by Crippen LogP contribution is -2.59. The minimum absolute atomic E-state index is 0.620. The second kappa shape index (κ2) is 5.11. The topological polar surface area (TPSA) is 27.1 Å². The van der Waals surface area contributed by atoms with Gasteiger partial charge in [-0.05, 0) is 44.9 Å². The summed E-state index contributed by atoms with van der Waals surface area (Å²) < 4.78 is 0. The first-order valence-corrected chi connectivity index (χ1v) is 6.42. The Morgan fingerprint density at radius 2 is 1.60 bits per heavy atom. The van der Waals surface area contributed by atoms with Gasteiger partial charge in [-0.25, -0.2) is 0 Å². The van der Waals surface area contributed by atoms with Crippen molar-refractivity contribution in [3.8, 4) is 0 Å². The second-order valence-corrected chi connectivity index (χ2v) is 5.10. The molecule has 2 fully saturated rings. The molecule has 2 rings (SSSR count). The van der Waals surface area contributed by atoms with E-state index in [4.69, 9.17) is 5.41 Å². The van der Waals surface area contributed by atoms with Gasteiger partial charge in [-0.3, -0.25) is 4.90 Å². The van der Waals surface area contributed by atoms with Crippen LogP contribution in [0, 0.1) is 10.8 Å². The van der Waals surface area contributed by atoms with Crippen LogP contribution in [-0.4, -0.2) is 29.7 Å². The zero-order chi connectivity index (χ0) is 11.5. The van der Waals surface area contributed by atoms with Gasteiger partial charge < -0.3 is 5.41 Å². The number of hydrogen-bond donors (Lipinski definition) is 1. The molecule has 1 spiro atoms. The van der Waals surface area contributed by atoms with Gasteiger partial charge in [0.15, 0.2) is 0 Å². The minimum Gasteiger partial charge on any atom is -0.310 e. The Labute approximate surface area is 94.6 Å². The smallest absolute Gasteiger partial charge is 0.00896 e. The van der Waals surface area contributed by atoms with Crippen LogP contribution in [0.1, 0.15) is 53.4 Å². The molecule has 88 valence electrons. The van der Waals surface area contributed by atoms with Gasteiger partial charge >= 0.3 is 0 Å². The van der Waals surface area contributed by atoms with E-state index in [-0.39, 0.29) is 0 Å². The van der Waals surface area contributed by atoms with E-state index in [1.54, 1.807) is 0 Å². The molecule has 0 radical (unpaired) electrons. The van der Waals surface area contributed by atoms with Crippen LogP contribution in [0.2, 0.25) is 0 Å². The first-order valence-electron chi connectivity index (χ1n) is 6.42. The second-order valence-electron chi connectivity index (χ2n) is 5.10. The fourth-order valence-corrected chi connectivity index (χ4v) is 2.58. The van der Waals surface area contributed by atoms with Crippen molar-refractivity contribution in [2.24, 2.45) is 5.41 Å². The molecule has 2 nitrogen and oxygen atoms in total. The van der Waals surface area contributed by atoms with E-state index in [1.165, 1.54) is 25.9 Å². The van der Waals surface area contributed by atoms with Gasteiger partial charge in [-0.15, -0.1) is 0 Å². The van der Waals surface area contributed by atoms with Crippen molar-refractivity contribution in [1.82, 2.24) is 4.90 Å². The minimum atomic E-state index is 0.620. The molecule has 0 aromatic rings. The Balaban J connectivity index is 0.000000531. The first-order chi connectivity index (χ1) is 7.11. The largest absolute Gasteiger partial charge is 0.310 e. The van der Waals surface area contributed by atoms with Crippen LogP contribution in [-0.2, 0) is 0 Å². The molecule has 0 unspecified atom stereocenters. The van der Waals surface area contributed by atoms with E-state index in [1.807, 2.05) is 13.8 Å². The summed E-state index contributed by atoms with van der Waals surface area (Å²) in [5.41, 5.74) is 1.60. The predicted molar refractivity (Wildman–Crippen MR) is 66.7 cm³/mol. The monoisotopic (exact) mass is 210 g/mol. The molecule has 0 aromatic heterocycles. The molecule has 15 heavy (non-hydrogen) atoms. The molecular weight excluding hydrogens is 184 g/mol. The van der Waals surface area contributed by atoms with Gasteiger partial charge in [-0.2, -0.15) is 0 Å². The Kier molecular flexibility index (Phi) is 4.32. The van der Waals surface area contributed by atoms with Crippen molar-refractivity contribution in [3.05, 3.63) is 0 Å². The van der Waals surface area contributed by atoms with E-state index >= 15 is 0 Å². The van der Waals surface area contributed by atoms with Crippen molar-refractivity contribution < 1.29 is 0 Å². The summed E-state index contributed by atoms with van der Waals surface area (Å²) in [6, 6.07) is 0.715. The molecule has 1 heterocycles. The van der Waals surface area contributed by atoms with Gasteiger partial charge in [-0.1, -0.05) is 13.8 Å². The lowest BCUT2D eigenvalue weighted by atomic mass is 9.68. The molecule has 1 saturated carbocycles. The Hall–Kier alpha value is -0.370. The van der Waals surface area contributed by atoms with E-state index < -0.39 is 0 Å². The standard InChI is InChI=1S/C11H20N2.C2H6/c1-9(2)13-7-11(8-13)5-3-10(12)4-6-11;1-2/h9,12H,3-8H2,1-2H3;1-2H3. The number of hydrogen-bond acceptors (Lipinski definition) is 2. The maximum absolute atomic E-state index is 7.59.